The molecule has 0 aromatic heterocycles. The third-order valence-corrected chi connectivity index (χ3v) is 7.71. The lowest BCUT2D eigenvalue weighted by Crippen LogP contribution is -2.47. The molecule has 0 saturated carbocycles. The van der Waals surface area contributed by atoms with Crippen LogP contribution in [0.15, 0.2) is 72.9 Å². The van der Waals surface area contributed by atoms with Gasteiger partial charge in [0, 0.05) is 6.42 Å². The van der Waals surface area contributed by atoms with Crippen molar-refractivity contribution in [2.24, 2.45) is 0 Å². The summed E-state index contributed by atoms with van der Waals surface area (Å²) in [5.74, 6) is -0.948. The SMILES string of the molecule is CC/C=C\C/C=C\C/C=C\C/C=C\C/C=C\C/C=C\CCCCCCC(=O)NC(CS(=O)(=O)O)C(O)CCCCCCC. The number of aliphatic hydroxyl groups is 1. The number of aliphatic hydroxyl groups excluding tert-OH is 1. The van der Waals surface area contributed by atoms with Crippen molar-refractivity contribution < 1.29 is 22.9 Å². The molecule has 6 nitrogen and oxygen atoms in total. The van der Waals surface area contributed by atoms with Gasteiger partial charge in [0.15, 0.2) is 0 Å². The molecule has 0 radical (unpaired) electrons. The second-order valence-corrected chi connectivity index (χ2v) is 12.6. The second kappa shape index (κ2) is 29.8. The summed E-state index contributed by atoms with van der Waals surface area (Å²) in [5.41, 5.74) is 0. The molecule has 0 bridgehead atoms. The third-order valence-electron chi connectivity index (χ3n) is 6.93. The van der Waals surface area contributed by atoms with Crippen molar-refractivity contribution in [2.75, 3.05) is 5.75 Å². The Balaban J connectivity index is 3.92. The van der Waals surface area contributed by atoms with Gasteiger partial charge in [0.2, 0.25) is 5.91 Å². The molecule has 3 N–H and O–H groups in total. The molecule has 0 rings (SSSR count). The van der Waals surface area contributed by atoms with Crippen LogP contribution in [0.2, 0.25) is 0 Å². The lowest BCUT2D eigenvalue weighted by molar-refractivity contribution is -0.122. The number of hydrogen-bond acceptors (Lipinski definition) is 4. The number of allylic oxidation sites excluding steroid dienone is 12. The molecule has 0 aliphatic carbocycles. The molecule has 0 fully saturated rings. The van der Waals surface area contributed by atoms with Crippen molar-refractivity contribution in [3.63, 3.8) is 0 Å². The van der Waals surface area contributed by atoms with Gasteiger partial charge in [0.25, 0.3) is 10.1 Å². The van der Waals surface area contributed by atoms with Gasteiger partial charge in [-0.3, -0.25) is 9.35 Å². The maximum absolute atomic E-state index is 12.3. The van der Waals surface area contributed by atoms with Crippen molar-refractivity contribution in [1.82, 2.24) is 5.32 Å². The summed E-state index contributed by atoms with van der Waals surface area (Å²) in [5, 5.41) is 13.1. The highest BCUT2D eigenvalue weighted by atomic mass is 32.2. The van der Waals surface area contributed by atoms with Crippen LogP contribution in [0, 0.1) is 0 Å². The van der Waals surface area contributed by atoms with Crippen LogP contribution in [0.25, 0.3) is 0 Å². The van der Waals surface area contributed by atoms with Crippen molar-refractivity contribution in [2.45, 2.75) is 142 Å². The highest BCUT2D eigenvalue weighted by molar-refractivity contribution is 7.85. The maximum atomic E-state index is 12.3. The topological polar surface area (TPSA) is 104 Å². The van der Waals surface area contributed by atoms with E-state index in [0.717, 1.165) is 96.3 Å². The molecule has 2 unspecified atom stereocenters. The van der Waals surface area contributed by atoms with Crippen molar-refractivity contribution in [3.05, 3.63) is 72.9 Å². The van der Waals surface area contributed by atoms with Gasteiger partial charge in [-0.05, 0) is 64.2 Å². The van der Waals surface area contributed by atoms with Crippen LogP contribution in [-0.4, -0.2) is 41.9 Å². The number of amides is 1. The minimum atomic E-state index is -4.30. The fourth-order valence-electron chi connectivity index (χ4n) is 4.45. The van der Waals surface area contributed by atoms with Crippen LogP contribution >= 0.6 is 0 Å². The van der Waals surface area contributed by atoms with E-state index in [1.54, 1.807) is 0 Å². The Morgan fingerprint density at radius 2 is 1.12 bits per heavy atom. The van der Waals surface area contributed by atoms with Crippen molar-refractivity contribution in [1.29, 1.82) is 0 Å². The Kier molecular flexibility index (Phi) is 28.3. The predicted octanol–water partition coefficient (Wildman–Crippen LogP) is 9.12. The predicted molar refractivity (Wildman–Crippen MR) is 184 cm³/mol. The van der Waals surface area contributed by atoms with Gasteiger partial charge in [-0.2, -0.15) is 8.42 Å². The summed E-state index contributed by atoms with van der Waals surface area (Å²) < 4.78 is 32.0. The summed E-state index contributed by atoms with van der Waals surface area (Å²) in [6, 6.07) is -0.984. The first-order chi connectivity index (χ1) is 20.8. The summed E-state index contributed by atoms with van der Waals surface area (Å²) in [4.78, 5) is 12.3. The fraction of sp³-hybridized carbons (Fsp3) is 0.639. The summed E-state index contributed by atoms with van der Waals surface area (Å²) >= 11 is 0. The lowest BCUT2D eigenvalue weighted by atomic mass is 10.0. The first kappa shape index (κ1) is 40.8. The van der Waals surface area contributed by atoms with Crippen LogP contribution in [0.5, 0.6) is 0 Å². The Morgan fingerprint density at radius 3 is 1.63 bits per heavy atom. The Hall–Kier alpha value is -2.22. The molecule has 0 saturated heterocycles. The minimum Gasteiger partial charge on any atom is -0.391 e. The molecule has 0 aliphatic heterocycles. The quantitative estimate of drug-likeness (QED) is 0.0460. The minimum absolute atomic E-state index is 0.282. The highest BCUT2D eigenvalue weighted by Crippen LogP contribution is 2.12. The number of carbonyl (C=O) groups excluding carboxylic acids is 1. The molecule has 0 aromatic rings. The van der Waals surface area contributed by atoms with Crippen LogP contribution in [0.4, 0.5) is 0 Å². The lowest BCUT2D eigenvalue weighted by Gasteiger charge is -2.23. The Labute approximate surface area is 264 Å². The number of unbranched alkanes of at least 4 members (excludes halogenated alkanes) is 8. The van der Waals surface area contributed by atoms with Gasteiger partial charge in [0.05, 0.1) is 17.9 Å². The average Bonchev–Trinajstić information content (AvgIpc) is 2.96. The standard InChI is InChI=1S/C36H61NO5S/c1-3-5-7-9-10-11-12-13-14-15-16-17-18-19-20-21-22-23-24-25-26-28-30-32-36(39)37-34(33-43(40,41)42)35(38)31-29-27-8-6-4-2/h5,7,10-11,13-14,16-17,19-20,22-23,34-35,38H,3-4,6,8-9,12,15,18,21,24-33H2,1-2H3,(H,37,39)(H,40,41,42)/b7-5-,11-10-,14-13-,17-16-,20-19-,23-22-. The monoisotopic (exact) mass is 619 g/mol. The van der Waals surface area contributed by atoms with E-state index >= 15 is 0 Å². The third kappa shape index (κ3) is 31.0. The molecule has 0 aromatic carbocycles. The van der Waals surface area contributed by atoms with E-state index in [2.05, 4.69) is 92.1 Å². The van der Waals surface area contributed by atoms with E-state index in [0.29, 0.717) is 12.8 Å². The largest absolute Gasteiger partial charge is 0.391 e. The van der Waals surface area contributed by atoms with E-state index in [1.807, 2.05) is 0 Å². The number of carbonyl (C=O) groups is 1. The first-order valence-electron chi connectivity index (χ1n) is 16.6. The highest BCUT2D eigenvalue weighted by Gasteiger charge is 2.25. The fourth-order valence-corrected chi connectivity index (χ4v) is 5.21. The van der Waals surface area contributed by atoms with E-state index in [9.17, 15) is 22.9 Å². The van der Waals surface area contributed by atoms with E-state index in [1.165, 1.54) is 0 Å². The molecule has 246 valence electrons. The Morgan fingerprint density at radius 1 is 0.651 bits per heavy atom. The summed E-state index contributed by atoms with van der Waals surface area (Å²) in [6.45, 7) is 4.27. The summed E-state index contributed by atoms with van der Waals surface area (Å²) in [6.07, 6.45) is 41.8. The smallest absolute Gasteiger partial charge is 0.266 e. The van der Waals surface area contributed by atoms with E-state index < -0.39 is 28.0 Å². The zero-order valence-corrected chi connectivity index (χ0v) is 27.9. The second-order valence-electron chi connectivity index (χ2n) is 11.1. The van der Waals surface area contributed by atoms with Crippen molar-refractivity contribution in [3.8, 4) is 0 Å². The molecule has 0 heterocycles. The van der Waals surface area contributed by atoms with E-state index in [4.69, 9.17) is 0 Å². The van der Waals surface area contributed by atoms with Gasteiger partial charge >= 0.3 is 0 Å². The number of rotatable bonds is 28. The van der Waals surface area contributed by atoms with Crippen LogP contribution < -0.4 is 5.32 Å². The van der Waals surface area contributed by atoms with Crippen LogP contribution in [0.1, 0.15) is 129 Å². The molecular weight excluding hydrogens is 558 g/mol. The molecule has 0 spiro atoms. The summed E-state index contributed by atoms with van der Waals surface area (Å²) in [7, 11) is -4.30. The molecule has 7 heteroatoms. The maximum Gasteiger partial charge on any atom is 0.266 e. The van der Waals surface area contributed by atoms with Gasteiger partial charge in [-0.1, -0.05) is 132 Å². The number of hydrogen-bond donors (Lipinski definition) is 3. The van der Waals surface area contributed by atoms with Gasteiger partial charge in [-0.25, -0.2) is 0 Å². The first-order valence-corrected chi connectivity index (χ1v) is 18.2. The van der Waals surface area contributed by atoms with Gasteiger partial charge < -0.3 is 10.4 Å². The van der Waals surface area contributed by atoms with Gasteiger partial charge in [0.1, 0.15) is 0 Å². The van der Waals surface area contributed by atoms with Crippen LogP contribution in [-0.2, 0) is 14.9 Å². The molecule has 43 heavy (non-hydrogen) atoms. The molecule has 2 atom stereocenters. The van der Waals surface area contributed by atoms with E-state index in [-0.39, 0.29) is 12.3 Å². The molecule has 0 aliphatic rings. The molecular formula is C36H61NO5S. The van der Waals surface area contributed by atoms with Crippen LogP contribution in [0.3, 0.4) is 0 Å². The normalized spacial score (nSPS) is 14.4. The number of nitrogens with one attached hydrogen (secondary N) is 1. The van der Waals surface area contributed by atoms with Crippen molar-refractivity contribution >= 4 is 16.0 Å². The Bertz CT molecular complexity index is 947. The zero-order valence-electron chi connectivity index (χ0n) is 27.0. The molecule has 1 amide bonds. The average molecular weight is 620 g/mol. The van der Waals surface area contributed by atoms with Gasteiger partial charge in [-0.15, -0.1) is 0 Å². The zero-order chi connectivity index (χ0) is 31.9.